The summed E-state index contributed by atoms with van der Waals surface area (Å²) >= 11 is 0. The van der Waals surface area contributed by atoms with Crippen molar-refractivity contribution < 1.29 is 39.5 Å². The Hall–Kier alpha value is 0.430. The summed E-state index contributed by atoms with van der Waals surface area (Å²) in [5.41, 5.74) is 5.26. The second-order valence-corrected chi connectivity index (χ2v) is 2.54. The Morgan fingerprint density at radius 2 is 2.10 bits per heavy atom. The van der Waals surface area contributed by atoms with Crippen LogP contribution in [0.1, 0.15) is 19.3 Å². The van der Waals surface area contributed by atoms with Crippen LogP contribution in [0, 0.1) is 5.92 Å². The maximum absolute atomic E-state index is 10.1. The number of carboxylic acids is 1. The van der Waals surface area contributed by atoms with Gasteiger partial charge in [0, 0.05) is 6.04 Å². The number of hydrogen-bond acceptors (Lipinski definition) is 3. The Kier molecular flexibility index (Phi) is 4.52. The van der Waals surface area contributed by atoms with Crippen molar-refractivity contribution in [1.29, 1.82) is 0 Å². The third-order valence-corrected chi connectivity index (χ3v) is 1.93. The van der Waals surface area contributed by atoms with Crippen molar-refractivity contribution in [3.8, 4) is 0 Å². The largest absolute Gasteiger partial charge is 1.00 e. The number of rotatable bonds is 2. The van der Waals surface area contributed by atoms with E-state index < -0.39 is 12.0 Å². The van der Waals surface area contributed by atoms with Crippen LogP contribution < -0.4 is 40.4 Å². The molecule has 1 aliphatic rings. The molecule has 10 heavy (non-hydrogen) atoms. The zero-order valence-electron chi connectivity index (χ0n) is 6.17. The summed E-state index contributed by atoms with van der Waals surface area (Å²) in [4.78, 5) is 10.1. The maximum Gasteiger partial charge on any atom is 1.00 e. The van der Waals surface area contributed by atoms with Gasteiger partial charge in [0.05, 0.1) is 5.97 Å². The Morgan fingerprint density at radius 1 is 1.60 bits per heavy atom. The van der Waals surface area contributed by atoms with Gasteiger partial charge >= 0.3 is 29.6 Å². The standard InChI is InChI=1S/C6H11NO2.Na/c7-5(6(8)9)4-2-1-3-4;/h4-5H,1-3,7H2,(H,8,9);/q;+1/p-1. The maximum atomic E-state index is 10.1. The minimum absolute atomic E-state index is 0. The van der Waals surface area contributed by atoms with E-state index in [4.69, 9.17) is 5.73 Å². The molecule has 0 heterocycles. The zero-order chi connectivity index (χ0) is 6.85. The number of carbonyl (C=O) groups is 1. The molecule has 0 spiro atoms. The molecule has 0 radical (unpaired) electrons. The van der Waals surface area contributed by atoms with Crippen molar-refractivity contribution >= 4 is 5.97 Å². The molecule has 1 fully saturated rings. The van der Waals surface area contributed by atoms with Crippen LogP contribution in [-0.2, 0) is 4.79 Å². The van der Waals surface area contributed by atoms with E-state index in [2.05, 4.69) is 0 Å². The predicted molar refractivity (Wildman–Crippen MR) is 30.3 cm³/mol. The molecular formula is C6H10NNaO2. The van der Waals surface area contributed by atoms with E-state index in [0.717, 1.165) is 19.3 Å². The van der Waals surface area contributed by atoms with Crippen molar-refractivity contribution in [2.24, 2.45) is 11.7 Å². The van der Waals surface area contributed by atoms with Crippen molar-refractivity contribution in [1.82, 2.24) is 0 Å². The number of nitrogens with two attached hydrogens (primary N) is 1. The van der Waals surface area contributed by atoms with Gasteiger partial charge in [-0.25, -0.2) is 0 Å². The SMILES string of the molecule is NC(C(=O)[O-])C1CCC1.[Na+]. The van der Waals surface area contributed by atoms with Gasteiger partial charge < -0.3 is 15.6 Å². The molecule has 1 aliphatic carbocycles. The van der Waals surface area contributed by atoms with Gasteiger partial charge in [0.25, 0.3) is 0 Å². The van der Waals surface area contributed by atoms with Gasteiger partial charge in [-0.3, -0.25) is 0 Å². The average molecular weight is 151 g/mol. The first-order chi connectivity index (χ1) is 4.22. The normalized spacial score (nSPS) is 20.5. The van der Waals surface area contributed by atoms with Crippen LogP contribution in [0.2, 0.25) is 0 Å². The van der Waals surface area contributed by atoms with Crippen LogP contribution in [0.15, 0.2) is 0 Å². The molecule has 4 heteroatoms. The van der Waals surface area contributed by atoms with Crippen molar-refractivity contribution in [2.75, 3.05) is 0 Å². The first kappa shape index (κ1) is 10.4. The first-order valence-corrected chi connectivity index (χ1v) is 3.18. The van der Waals surface area contributed by atoms with E-state index in [1.807, 2.05) is 0 Å². The third-order valence-electron chi connectivity index (χ3n) is 1.93. The van der Waals surface area contributed by atoms with Gasteiger partial charge in [0.1, 0.15) is 0 Å². The number of carboxylic acid groups (broad SMARTS) is 1. The van der Waals surface area contributed by atoms with Crippen molar-refractivity contribution in [3.63, 3.8) is 0 Å². The summed E-state index contributed by atoms with van der Waals surface area (Å²) in [6, 6.07) is -0.723. The summed E-state index contributed by atoms with van der Waals surface area (Å²) in [7, 11) is 0. The van der Waals surface area contributed by atoms with E-state index in [1.165, 1.54) is 0 Å². The fourth-order valence-electron chi connectivity index (χ4n) is 0.991. The molecule has 0 amide bonds. The van der Waals surface area contributed by atoms with Crippen LogP contribution in [0.25, 0.3) is 0 Å². The second kappa shape index (κ2) is 4.34. The zero-order valence-corrected chi connectivity index (χ0v) is 8.17. The van der Waals surface area contributed by atoms with Crippen LogP contribution in [0.4, 0.5) is 0 Å². The minimum atomic E-state index is -1.11. The summed E-state index contributed by atoms with van der Waals surface area (Å²) < 4.78 is 0. The van der Waals surface area contributed by atoms with E-state index in [-0.39, 0.29) is 35.5 Å². The Balaban J connectivity index is 0.000000810. The fourth-order valence-corrected chi connectivity index (χ4v) is 0.991. The van der Waals surface area contributed by atoms with E-state index >= 15 is 0 Å². The molecule has 0 aromatic rings. The number of hydrogen-bond donors (Lipinski definition) is 1. The second-order valence-electron chi connectivity index (χ2n) is 2.54. The monoisotopic (exact) mass is 151 g/mol. The molecule has 2 N–H and O–H groups in total. The molecule has 0 aliphatic heterocycles. The third kappa shape index (κ3) is 2.23. The molecule has 0 saturated heterocycles. The quantitative estimate of drug-likeness (QED) is 0.408. The van der Waals surface area contributed by atoms with Gasteiger partial charge in [-0.15, -0.1) is 0 Å². The van der Waals surface area contributed by atoms with Gasteiger partial charge in [-0.2, -0.15) is 0 Å². The topological polar surface area (TPSA) is 66.2 Å². The Morgan fingerprint density at radius 3 is 2.20 bits per heavy atom. The van der Waals surface area contributed by atoms with E-state index in [1.54, 1.807) is 0 Å². The van der Waals surface area contributed by atoms with Gasteiger partial charge in [-0.05, 0) is 18.8 Å². The van der Waals surface area contributed by atoms with Gasteiger partial charge in [0.2, 0.25) is 0 Å². The van der Waals surface area contributed by atoms with Gasteiger partial charge in [0.15, 0.2) is 0 Å². The summed E-state index contributed by atoms with van der Waals surface area (Å²) in [5.74, 6) is -0.922. The summed E-state index contributed by atoms with van der Waals surface area (Å²) in [5, 5.41) is 10.1. The molecule has 1 saturated carbocycles. The molecule has 0 aromatic carbocycles. The molecular weight excluding hydrogens is 141 g/mol. The van der Waals surface area contributed by atoms with Crippen LogP contribution in [-0.4, -0.2) is 12.0 Å². The fraction of sp³-hybridized carbons (Fsp3) is 0.833. The number of carbonyl (C=O) groups excluding carboxylic acids is 1. The molecule has 1 rings (SSSR count). The van der Waals surface area contributed by atoms with E-state index in [9.17, 15) is 9.90 Å². The Labute approximate surface area is 82.3 Å². The molecule has 0 bridgehead atoms. The molecule has 52 valence electrons. The Bertz CT molecular complexity index is 125. The van der Waals surface area contributed by atoms with Crippen LogP contribution in [0.3, 0.4) is 0 Å². The number of aliphatic carboxylic acids is 1. The summed E-state index contributed by atoms with van der Waals surface area (Å²) in [6.07, 6.45) is 3.02. The smallest absolute Gasteiger partial charge is 0.548 e. The van der Waals surface area contributed by atoms with Crippen molar-refractivity contribution in [3.05, 3.63) is 0 Å². The molecule has 0 aromatic heterocycles. The van der Waals surface area contributed by atoms with Crippen LogP contribution >= 0.6 is 0 Å². The van der Waals surface area contributed by atoms with Gasteiger partial charge in [-0.1, -0.05) is 6.42 Å². The molecule has 3 nitrogen and oxygen atoms in total. The van der Waals surface area contributed by atoms with E-state index in [0.29, 0.717) is 0 Å². The summed E-state index contributed by atoms with van der Waals surface area (Å²) in [6.45, 7) is 0. The van der Waals surface area contributed by atoms with Crippen LogP contribution in [0.5, 0.6) is 0 Å². The molecule has 1 atom stereocenters. The first-order valence-electron chi connectivity index (χ1n) is 3.18. The van der Waals surface area contributed by atoms with Crippen molar-refractivity contribution in [2.45, 2.75) is 25.3 Å². The predicted octanol–water partition coefficient (Wildman–Crippen LogP) is -4.13. The minimum Gasteiger partial charge on any atom is -0.548 e. The average Bonchev–Trinajstić information content (AvgIpc) is 1.60. The molecule has 1 unspecified atom stereocenters.